The molecular formula is C19H12ClFN4. The Bertz CT molecular complexity index is 1060. The highest BCUT2D eigenvalue weighted by atomic mass is 35.5. The van der Waals surface area contributed by atoms with Crippen LogP contribution in [0.25, 0.3) is 33.4 Å². The van der Waals surface area contributed by atoms with Crippen molar-refractivity contribution in [2.24, 2.45) is 0 Å². The summed E-state index contributed by atoms with van der Waals surface area (Å²) in [7, 11) is 0. The fourth-order valence-corrected chi connectivity index (χ4v) is 2.84. The second-order valence-corrected chi connectivity index (χ2v) is 5.96. The van der Waals surface area contributed by atoms with Gasteiger partial charge in [-0.05, 0) is 53.6 Å². The fourth-order valence-electron chi connectivity index (χ4n) is 2.71. The van der Waals surface area contributed by atoms with E-state index in [1.807, 2.05) is 18.2 Å². The summed E-state index contributed by atoms with van der Waals surface area (Å²) < 4.78 is 13.2. The van der Waals surface area contributed by atoms with Gasteiger partial charge in [0.1, 0.15) is 18.0 Å². The monoisotopic (exact) mass is 350 g/mol. The Morgan fingerprint density at radius 1 is 0.880 bits per heavy atom. The highest BCUT2D eigenvalue weighted by Crippen LogP contribution is 2.34. The van der Waals surface area contributed by atoms with E-state index < -0.39 is 0 Å². The van der Waals surface area contributed by atoms with Crippen LogP contribution in [-0.2, 0) is 0 Å². The number of anilines is 1. The Labute approximate surface area is 148 Å². The summed E-state index contributed by atoms with van der Waals surface area (Å²) in [6, 6.07) is 15.5. The maximum atomic E-state index is 13.2. The van der Waals surface area contributed by atoms with Gasteiger partial charge in [0.15, 0.2) is 5.65 Å². The summed E-state index contributed by atoms with van der Waals surface area (Å²) in [4.78, 5) is 12.9. The molecule has 0 radical (unpaired) electrons. The van der Waals surface area contributed by atoms with Crippen molar-refractivity contribution in [3.05, 3.63) is 71.8 Å². The molecule has 25 heavy (non-hydrogen) atoms. The number of hydrogen-bond acceptors (Lipinski definition) is 4. The molecule has 2 heterocycles. The molecule has 4 aromatic rings. The van der Waals surface area contributed by atoms with Crippen molar-refractivity contribution in [1.82, 2.24) is 15.0 Å². The summed E-state index contributed by atoms with van der Waals surface area (Å²) in [5.74, 6) is 0.0575. The summed E-state index contributed by atoms with van der Waals surface area (Å²) in [5.41, 5.74) is 9.78. The first-order chi connectivity index (χ1) is 12.1. The number of pyridine rings is 1. The molecule has 0 unspecified atom stereocenters. The Hall–Kier alpha value is -3.05. The van der Waals surface area contributed by atoms with Crippen molar-refractivity contribution in [3.8, 4) is 22.4 Å². The number of benzene rings is 2. The molecule has 0 aliphatic carbocycles. The SMILES string of the molecule is Nc1ncnc2nc(-c3ccc(F)cc3)cc(-c3ccc(Cl)cc3)c12. The minimum atomic E-state index is -0.297. The van der Waals surface area contributed by atoms with Crippen LogP contribution in [0.15, 0.2) is 60.9 Å². The number of rotatable bonds is 2. The third-order valence-electron chi connectivity index (χ3n) is 3.93. The van der Waals surface area contributed by atoms with Gasteiger partial charge < -0.3 is 5.73 Å². The van der Waals surface area contributed by atoms with Crippen molar-refractivity contribution in [1.29, 1.82) is 0 Å². The van der Waals surface area contributed by atoms with Gasteiger partial charge in [-0.15, -0.1) is 0 Å². The van der Waals surface area contributed by atoms with Gasteiger partial charge in [-0.25, -0.2) is 19.3 Å². The lowest BCUT2D eigenvalue weighted by Gasteiger charge is -2.11. The molecule has 6 heteroatoms. The normalized spacial score (nSPS) is 11.0. The molecule has 0 spiro atoms. The number of halogens is 2. The number of nitrogens with zero attached hydrogens (tertiary/aromatic N) is 3. The molecule has 0 aliphatic heterocycles. The Morgan fingerprint density at radius 3 is 2.28 bits per heavy atom. The lowest BCUT2D eigenvalue weighted by molar-refractivity contribution is 0.628. The molecule has 4 nitrogen and oxygen atoms in total. The van der Waals surface area contributed by atoms with Gasteiger partial charge in [-0.3, -0.25) is 0 Å². The van der Waals surface area contributed by atoms with E-state index in [0.717, 1.165) is 16.7 Å². The Balaban J connectivity index is 2.01. The van der Waals surface area contributed by atoms with Crippen molar-refractivity contribution in [3.63, 3.8) is 0 Å². The molecule has 122 valence electrons. The van der Waals surface area contributed by atoms with E-state index in [1.165, 1.54) is 18.5 Å². The average molecular weight is 351 g/mol. The Morgan fingerprint density at radius 2 is 1.56 bits per heavy atom. The van der Waals surface area contributed by atoms with E-state index in [2.05, 4.69) is 15.0 Å². The summed E-state index contributed by atoms with van der Waals surface area (Å²) >= 11 is 5.99. The average Bonchev–Trinajstić information content (AvgIpc) is 2.62. The first-order valence-corrected chi connectivity index (χ1v) is 7.93. The number of fused-ring (bicyclic) bond motifs is 1. The van der Waals surface area contributed by atoms with Crippen LogP contribution in [0.1, 0.15) is 0 Å². The van der Waals surface area contributed by atoms with Crippen molar-refractivity contribution < 1.29 is 4.39 Å². The molecule has 2 N–H and O–H groups in total. The molecule has 2 aromatic carbocycles. The minimum Gasteiger partial charge on any atom is -0.383 e. The van der Waals surface area contributed by atoms with Crippen LogP contribution in [0.2, 0.25) is 5.02 Å². The minimum absolute atomic E-state index is 0.297. The second kappa shape index (κ2) is 6.11. The van der Waals surface area contributed by atoms with Gasteiger partial charge in [-0.2, -0.15) is 0 Å². The third kappa shape index (κ3) is 2.90. The number of nitrogens with two attached hydrogens (primary N) is 1. The topological polar surface area (TPSA) is 64.7 Å². The Kier molecular flexibility index (Phi) is 3.78. The zero-order valence-corrected chi connectivity index (χ0v) is 13.7. The lowest BCUT2D eigenvalue weighted by atomic mass is 10.00. The van der Waals surface area contributed by atoms with E-state index in [4.69, 9.17) is 17.3 Å². The highest BCUT2D eigenvalue weighted by Gasteiger charge is 2.13. The first kappa shape index (κ1) is 15.5. The largest absolute Gasteiger partial charge is 0.383 e. The van der Waals surface area contributed by atoms with E-state index in [-0.39, 0.29) is 5.82 Å². The molecule has 0 bridgehead atoms. The van der Waals surface area contributed by atoms with Crippen LogP contribution in [0.4, 0.5) is 10.2 Å². The zero-order valence-electron chi connectivity index (χ0n) is 12.9. The second-order valence-electron chi connectivity index (χ2n) is 5.53. The third-order valence-corrected chi connectivity index (χ3v) is 4.18. The van der Waals surface area contributed by atoms with Gasteiger partial charge in [0.05, 0.1) is 11.1 Å². The van der Waals surface area contributed by atoms with Crippen LogP contribution in [-0.4, -0.2) is 15.0 Å². The summed E-state index contributed by atoms with van der Waals surface area (Å²) in [6.07, 6.45) is 1.38. The van der Waals surface area contributed by atoms with Crippen LogP contribution in [0.3, 0.4) is 0 Å². The molecule has 0 amide bonds. The highest BCUT2D eigenvalue weighted by molar-refractivity contribution is 6.30. The maximum Gasteiger partial charge on any atom is 0.165 e. The molecular weight excluding hydrogens is 339 g/mol. The molecule has 0 aliphatic rings. The van der Waals surface area contributed by atoms with Gasteiger partial charge >= 0.3 is 0 Å². The lowest BCUT2D eigenvalue weighted by Crippen LogP contribution is -1.98. The van der Waals surface area contributed by atoms with Gasteiger partial charge in [0.25, 0.3) is 0 Å². The number of hydrogen-bond donors (Lipinski definition) is 1. The number of aromatic nitrogens is 3. The van der Waals surface area contributed by atoms with Crippen LogP contribution in [0, 0.1) is 5.82 Å². The van der Waals surface area contributed by atoms with Crippen LogP contribution < -0.4 is 5.73 Å². The molecule has 4 rings (SSSR count). The van der Waals surface area contributed by atoms with Crippen LogP contribution in [0.5, 0.6) is 0 Å². The first-order valence-electron chi connectivity index (χ1n) is 7.55. The van der Waals surface area contributed by atoms with E-state index in [1.54, 1.807) is 24.3 Å². The fraction of sp³-hybridized carbons (Fsp3) is 0. The molecule has 0 atom stereocenters. The van der Waals surface area contributed by atoms with Crippen LogP contribution >= 0.6 is 11.6 Å². The smallest absolute Gasteiger partial charge is 0.165 e. The molecule has 0 saturated carbocycles. The van der Waals surface area contributed by atoms with Gasteiger partial charge in [-0.1, -0.05) is 23.7 Å². The summed E-state index contributed by atoms with van der Waals surface area (Å²) in [6.45, 7) is 0. The number of nitrogen functional groups attached to an aromatic ring is 1. The maximum absolute atomic E-state index is 13.2. The van der Waals surface area contributed by atoms with E-state index in [9.17, 15) is 4.39 Å². The predicted octanol–water partition coefficient (Wildman–Crippen LogP) is 4.73. The molecule has 2 aromatic heterocycles. The van der Waals surface area contributed by atoms with Crippen molar-refractivity contribution >= 4 is 28.5 Å². The van der Waals surface area contributed by atoms with E-state index in [0.29, 0.717) is 27.6 Å². The molecule has 0 fully saturated rings. The standard InChI is InChI=1S/C19H12ClFN4/c20-13-5-1-11(2-6-13)15-9-16(12-3-7-14(21)8-4-12)25-19-17(15)18(22)23-10-24-19/h1-10H,(H2,22,23,24,25). The van der Waals surface area contributed by atoms with E-state index >= 15 is 0 Å². The van der Waals surface area contributed by atoms with Gasteiger partial charge in [0, 0.05) is 10.6 Å². The zero-order chi connectivity index (χ0) is 17.4. The quantitative estimate of drug-likeness (QED) is 0.567. The predicted molar refractivity (Wildman–Crippen MR) is 97.6 cm³/mol. The van der Waals surface area contributed by atoms with Gasteiger partial charge in [0.2, 0.25) is 0 Å². The molecule has 0 saturated heterocycles. The van der Waals surface area contributed by atoms with Crippen molar-refractivity contribution in [2.45, 2.75) is 0 Å². The summed E-state index contributed by atoms with van der Waals surface area (Å²) in [5, 5.41) is 1.32. The van der Waals surface area contributed by atoms with Crippen molar-refractivity contribution in [2.75, 3.05) is 5.73 Å².